The lowest BCUT2D eigenvalue weighted by Gasteiger charge is -2.17. The molecule has 0 atom stereocenters. The van der Waals surface area contributed by atoms with Crippen molar-refractivity contribution in [3.8, 4) is 0 Å². The van der Waals surface area contributed by atoms with Gasteiger partial charge in [0.05, 0.1) is 5.69 Å². The van der Waals surface area contributed by atoms with Crippen LogP contribution in [0.25, 0.3) is 0 Å². The lowest BCUT2D eigenvalue weighted by Crippen LogP contribution is -2.26. The lowest BCUT2D eigenvalue weighted by atomic mass is 10.3. The first-order chi connectivity index (χ1) is 8.80. The lowest BCUT2D eigenvalue weighted by molar-refractivity contribution is 0.305. The van der Waals surface area contributed by atoms with E-state index in [1.54, 1.807) is 0 Å². The normalized spacial score (nSPS) is 11.1. The highest BCUT2D eigenvalue weighted by Crippen LogP contribution is 1.98. The topological polar surface area (TPSA) is 41.1 Å². The molecule has 1 rings (SSSR count). The van der Waals surface area contributed by atoms with Gasteiger partial charge in [0.25, 0.3) is 0 Å². The number of hydrogen-bond donors (Lipinski definition) is 1. The Morgan fingerprint density at radius 3 is 2.67 bits per heavy atom. The van der Waals surface area contributed by atoms with Crippen LogP contribution in [-0.4, -0.2) is 41.0 Å². The molecular weight excluding hydrogens is 224 g/mol. The van der Waals surface area contributed by atoms with Crippen LogP contribution in [0.2, 0.25) is 0 Å². The molecule has 0 bridgehead atoms. The summed E-state index contributed by atoms with van der Waals surface area (Å²) >= 11 is 0. The Labute approximate surface area is 111 Å². The molecule has 1 aromatic rings. The fourth-order valence-electron chi connectivity index (χ4n) is 1.85. The fourth-order valence-corrected chi connectivity index (χ4v) is 1.85. The minimum absolute atomic E-state index is 0.842. The van der Waals surface area contributed by atoms with E-state index in [9.17, 15) is 0 Å². The quantitative estimate of drug-likeness (QED) is 0.679. The molecule has 4 heteroatoms. The second kappa shape index (κ2) is 9.00. The second-order valence-corrected chi connectivity index (χ2v) is 4.42. The minimum atomic E-state index is 0.842. The number of aromatic nitrogens is 2. The van der Waals surface area contributed by atoms with Crippen molar-refractivity contribution in [2.45, 2.75) is 40.2 Å². The first kappa shape index (κ1) is 15.1. The smallest absolute Gasteiger partial charge is 0.129 e. The van der Waals surface area contributed by atoms with Crippen molar-refractivity contribution in [3.05, 3.63) is 23.8 Å². The van der Waals surface area contributed by atoms with Crippen LogP contribution in [0.4, 0.5) is 0 Å². The summed E-state index contributed by atoms with van der Waals surface area (Å²) in [4.78, 5) is 11.3. The van der Waals surface area contributed by atoms with Gasteiger partial charge in [0.1, 0.15) is 5.82 Å². The third-order valence-electron chi connectivity index (χ3n) is 3.04. The Kier molecular flexibility index (Phi) is 7.53. The zero-order valence-electron chi connectivity index (χ0n) is 11.9. The SMILES string of the molecule is CCCNCc1ccnc(CCN(CC)CC)n1. The maximum Gasteiger partial charge on any atom is 0.129 e. The second-order valence-electron chi connectivity index (χ2n) is 4.42. The van der Waals surface area contributed by atoms with Gasteiger partial charge in [-0.1, -0.05) is 20.8 Å². The van der Waals surface area contributed by atoms with Crippen LogP contribution in [0.5, 0.6) is 0 Å². The Morgan fingerprint density at radius 1 is 1.22 bits per heavy atom. The highest BCUT2D eigenvalue weighted by atomic mass is 15.1. The summed E-state index contributed by atoms with van der Waals surface area (Å²) in [6.45, 7) is 11.7. The van der Waals surface area contributed by atoms with Crippen LogP contribution < -0.4 is 5.32 Å². The van der Waals surface area contributed by atoms with Crippen LogP contribution in [0.3, 0.4) is 0 Å². The predicted molar refractivity (Wildman–Crippen MR) is 75.5 cm³/mol. The van der Waals surface area contributed by atoms with Crippen molar-refractivity contribution in [2.75, 3.05) is 26.2 Å². The molecule has 0 aliphatic heterocycles. The molecule has 0 aliphatic carbocycles. The molecule has 102 valence electrons. The maximum absolute atomic E-state index is 4.58. The minimum Gasteiger partial charge on any atom is -0.311 e. The molecular formula is C14H26N4. The number of rotatable bonds is 9. The summed E-state index contributed by atoms with van der Waals surface area (Å²) in [5.41, 5.74) is 1.09. The zero-order valence-corrected chi connectivity index (χ0v) is 11.9. The van der Waals surface area contributed by atoms with Crippen LogP contribution >= 0.6 is 0 Å². The molecule has 0 saturated heterocycles. The summed E-state index contributed by atoms with van der Waals surface area (Å²) in [6, 6.07) is 1.99. The number of nitrogens with one attached hydrogen (secondary N) is 1. The Morgan fingerprint density at radius 2 is 2.00 bits per heavy atom. The van der Waals surface area contributed by atoms with Crippen molar-refractivity contribution >= 4 is 0 Å². The summed E-state index contributed by atoms with van der Waals surface area (Å²) < 4.78 is 0. The first-order valence-corrected chi connectivity index (χ1v) is 7.04. The van der Waals surface area contributed by atoms with Crippen molar-refractivity contribution in [3.63, 3.8) is 0 Å². The highest BCUT2D eigenvalue weighted by Gasteiger charge is 2.03. The molecule has 1 heterocycles. The van der Waals surface area contributed by atoms with Crippen LogP contribution in [-0.2, 0) is 13.0 Å². The van der Waals surface area contributed by atoms with Gasteiger partial charge >= 0.3 is 0 Å². The molecule has 0 fully saturated rings. The molecule has 0 saturated carbocycles. The van der Waals surface area contributed by atoms with E-state index in [0.717, 1.165) is 57.1 Å². The predicted octanol–water partition coefficient (Wildman–Crippen LogP) is 1.86. The molecule has 4 nitrogen and oxygen atoms in total. The van der Waals surface area contributed by atoms with Crippen LogP contribution in [0.1, 0.15) is 38.7 Å². The third kappa shape index (κ3) is 5.56. The summed E-state index contributed by atoms with van der Waals surface area (Å²) in [6.07, 6.45) is 3.96. The van der Waals surface area contributed by atoms with Gasteiger partial charge in [-0.15, -0.1) is 0 Å². The molecule has 0 aliphatic rings. The van der Waals surface area contributed by atoms with Crippen molar-refractivity contribution in [2.24, 2.45) is 0 Å². The van der Waals surface area contributed by atoms with Gasteiger partial charge in [-0.05, 0) is 32.1 Å². The summed E-state index contributed by atoms with van der Waals surface area (Å²) in [7, 11) is 0. The Balaban J connectivity index is 2.43. The van der Waals surface area contributed by atoms with Crippen LogP contribution in [0, 0.1) is 0 Å². The maximum atomic E-state index is 4.58. The summed E-state index contributed by atoms with van der Waals surface area (Å²) in [5, 5.41) is 3.37. The van der Waals surface area contributed by atoms with Gasteiger partial charge in [-0.2, -0.15) is 0 Å². The average Bonchev–Trinajstić information content (AvgIpc) is 2.41. The van der Waals surface area contributed by atoms with E-state index in [1.807, 2.05) is 12.3 Å². The van der Waals surface area contributed by atoms with E-state index in [-0.39, 0.29) is 0 Å². The van der Waals surface area contributed by atoms with E-state index < -0.39 is 0 Å². The van der Waals surface area contributed by atoms with E-state index >= 15 is 0 Å². The van der Waals surface area contributed by atoms with Crippen molar-refractivity contribution in [1.82, 2.24) is 20.2 Å². The highest BCUT2D eigenvalue weighted by molar-refractivity contribution is 5.02. The molecule has 0 spiro atoms. The monoisotopic (exact) mass is 250 g/mol. The molecule has 1 N–H and O–H groups in total. The molecule has 0 radical (unpaired) electrons. The van der Waals surface area contributed by atoms with Gasteiger partial charge in [0.2, 0.25) is 0 Å². The molecule has 0 unspecified atom stereocenters. The molecule has 1 aromatic heterocycles. The van der Waals surface area contributed by atoms with E-state index in [0.29, 0.717) is 0 Å². The van der Waals surface area contributed by atoms with E-state index in [2.05, 4.69) is 41.0 Å². The molecule has 18 heavy (non-hydrogen) atoms. The van der Waals surface area contributed by atoms with Crippen molar-refractivity contribution in [1.29, 1.82) is 0 Å². The van der Waals surface area contributed by atoms with Gasteiger partial charge in [-0.25, -0.2) is 9.97 Å². The largest absolute Gasteiger partial charge is 0.311 e. The van der Waals surface area contributed by atoms with Gasteiger partial charge in [0, 0.05) is 25.7 Å². The molecule has 0 amide bonds. The first-order valence-electron chi connectivity index (χ1n) is 7.04. The number of hydrogen-bond acceptors (Lipinski definition) is 4. The molecule has 0 aromatic carbocycles. The fraction of sp³-hybridized carbons (Fsp3) is 0.714. The Bertz CT molecular complexity index is 323. The summed E-state index contributed by atoms with van der Waals surface area (Å²) in [5.74, 6) is 0.956. The third-order valence-corrected chi connectivity index (χ3v) is 3.04. The van der Waals surface area contributed by atoms with E-state index in [1.165, 1.54) is 0 Å². The van der Waals surface area contributed by atoms with Gasteiger partial charge in [0.15, 0.2) is 0 Å². The van der Waals surface area contributed by atoms with Gasteiger partial charge < -0.3 is 10.2 Å². The van der Waals surface area contributed by atoms with Crippen molar-refractivity contribution < 1.29 is 0 Å². The van der Waals surface area contributed by atoms with Gasteiger partial charge in [-0.3, -0.25) is 0 Å². The average molecular weight is 250 g/mol. The standard InChI is InChI=1S/C14H26N4/c1-4-9-15-12-13-7-10-16-14(17-13)8-11-18(5-2)6-3/h7,10,15H,4-6,8-9,11-12H2,1-3H3. The number of likely N-dealkylation sites (N-methyl/N-ethyl adjacent to an activating group) is 1. The number of nitrogens with zero attached hydrogens (tertiary/aromatic N) is 3. The van der Waals surface area contributed by atoms with E-state index in [4.69, 9.17) is 0 Å². The zero-order chi connectivity index (χ0) is 13.2. The Hall–Kier alpha value is -1.00. The van der Waals surface area contributed by atoms with Crippen LogP contribution in [0.15, 0.2) is 12.3 Å².